The van der Waals surface area contributed by atoms with Crippen LogP contribution < -0.4 is 5.32 Å². The first kappa shape index (κ1) is 13.2. The molecule has 2 aliphatic rings. The molecule has 1 spiro atoms. The number of amides is 1. The third kappa shape index (κ3) is 2.79. The van der Waals surface area contributed by atoms with Crippen LogP contribution in [0.5, 0.6) is 0 Å². The molecule has 1 saturated carbocycles. The maximum Gasteiger partial charge on any atom is 0.226 e. The van der Waals surface area contributed by atoms with Crippen molar-refractivity contribution in [2.75, 3.05) is 18.1 Å². The summed E-state index contributed by atoms with van der Waals surface area (Å²) in [5, 5.41) is 13.4. The van der Waals surface area contributed by atoms with E-state index in [0.29, 0.717) is 0 Å². The van der Waals surface area contributed by atoms with Crippen molar-refractivity contribution in [1.82, 2.24) is 5.32 Å². The topological polar surface area (TPSA) is 49.3 Å². The van der Waals surface area contributed by atoms with E-state index in [1.165, 1.54) is 0 Å². The fraction of sp³-hybridized carbons (Fsp3) is 0.923. The summed E-state index contributed by atoms with van der Waals surface area (Å²) in [4.78, 5) is 11.8. The van der Waals surface area contributed by atoms with E-state index in [1.54, 1.807) is 0 Å². The number of rotatable bonds is 4. The molecule has 0 atom stereocenters. The van der Waals surface area contributed by atoms with E-state index in [1.807, 2.05) is 11.8 Å². The predicted molar refractivity (Wildman–Crippen MR) is 71.1 cm³/mol. The first-order valence-electron chi connectivity index (χ1n) is 6.69. The van der Waals surface area contributed by atoms with Gasteiger partial charge in [0, 0.05) is 12.3 Å². The van der Waals surface area contributed by atoms with E-state index in [2.05, 4.69) is 12.2 Å². The Balaban J connectivity index is 1.86. The van der Waals surface area contributed by atoms with Crippen LogP contribution in [0.15, 0.2) is 0 Å². The van der Waals surface area contributed by atoms with Gasteiger partial charge in [-0.25, -0.2) is 0 Å². The van der Waals surface area contributed by atoms with E-state index >= 15 is 0 Å². The molecule has 0 radical (unpaired) electrons. The van der Waals surface area contributed by atoms with E-state index in [9.17, 15) is 9.90 Å². The zero-order valence-electron chi connectivity index (χ0n) is 10.6. The van der Waals surface area contributed by atoms with Crippen molar-refractivity contribution in [3.8, 4) is 0 Å². The van der Waals surface area contributed by atoms with Gasteiger partial charge in [-0.05, 0) is 44.3 Å². The molecule has 2 rings (SSSR count). The molecule has 0 aromatic heterocycles. The molecular weight excluding hydrogens is 234 g/mol. The molecule has 1 aliphatic heterocycles. The first-order valence-corrected chi connectivity index (χ1v) is 7.84. The monoisotopic (exact) mass is 257 g/mol. The fourth-order valence-corrected chi connectivity index (χ4v) is 4.04. The number of thioether (sulfide) groups is 1. The summed E-state index contributed by atoms with van der Waals surface area (Å²) in [7, 11) is 0. The summed E-state index contributed by atoms with van der Waals surface area (Å²) in [6.07, 6.45) is 5.43. The highest BCUT2D eigenvalue weighted by molar-refractivity contribution is 7.99. The van der Waals surface area contributed by atoms with Gasteiger partial charge in [-0.2, -0.15) is 11.8 Å². The van der Waals surface area contributed by atoms with Crippen molar-refractivity contribution in [1.29, 1.82) is 0 Å². The van der Waals surface area contributed by atoms with Gasteiger partial charge >= 0.3 is 0 Å². The van der Waals surface area contributed by atoms with Gasteiger partial charge in [-0.3, -0.25) is 4.79 Å². The second kappa shape index (κ2) is 5.19. The second-order valence-electron chi connectivity index (χ2n) is 5.56. The van der Waals surface area contributed by atoms with Crippen LogP contribution in [0.3, 0.4) is 0 Å². The zero-order chi connectivity index (χ0) is 12.4. The van der Waals surface area contributed by atoms with Gasteiger partial charge in [0.1, 0.15) is 0 Å². The zero-order valence-corrected chi connectivity index (χ0v) is 11.4. The highest BCUT2D eigenvalue weighted by atomic mass is 32.2. The number of carbonyl (C=O) groups is 1. The van der Waals surface area contributed by atoms with Crippen LogP contribution >= 0.6 is 11.8 Å². The summed E-state index contributed by atoms with van der Waals surface area (Å²) in [6, 6.07) is 0. The second-order valence-corrected chi connectivity index (χ2v) is 6.67. The van der Waals surface area contributed by atoms with Crippen molar-refractivity contribution in [3.05, 3.63) is 0 Å². The third-order valence-electron chi connectivity index (χ3n) is 4.23. The van der Waals surface area contributed by atoms with Crippen LogP contribution in [-0.2, 0) is 4.79 Å². The Hall–Kier alpha value is -0.220. The lowest BCUT2D eigenvalue weighted by molar-refractivity contribution is -0.131. The Morgan fingerprint density at radius 1 is 1.29 bits per heavy atom. The molecule has 17 heavy (non-hydrogen) atoms. The Bertz CT molecular complexity index is 285. The summed E-state index contributed by atoms with van der Waals surface area (Å²) >= 11 is 1.84. The van der Waals surface area contributed by atoms with Crippen LogP contribution in [0, 0.1) is 5.41 Å². The summed E-state index contributed by atoms with van der Waals surface area (Å²) in [6.45, 7) is 2.98. The minimum absolute atomic E-state index is 0.137. The normalized spacial score (nSPS) is 37.4. The molecule has 2 N–H and O–H groups in total. The summed E-state index contributed by atoms with van der Waals surface area (Å²) < 4.78 is 0. The highest BCUT2D eigenvalue weighted by Crippen LogP contribution is 2.46. The van der Waals surface area contributed by atoms with Gasteiger partial charge in [0.15, 0.2) is 0 Å². The van der Waals surface area contributed by atoms with E-state index < -0.39 is 5.60 Å². The van der Waals surface area contributed by atoms with Gasteiger partial charge in [0.2, 0.25) is 5.91 Å². The summed E-state index contributed by atoms with van der Waals surface area (Å²) in [5.41, 5.74) is -0.657. The molecule has 3 nitrogen and oxygen atoms in total. The molecule has 0 bridgehead atoms. The van der Waals surface area contributed by atoms with Crippen LogP contribution in [0.25, 0.3) is 0 Å². The largest absolute Gasteiger partial charge is 0.389 e. The number of aliphatic hydroxyl groups is 1. The maximum atomic E-state index is 11.8. The van der Waals surface area contributed by atoms with Crippen LogP contribution in [0.4, 0.5) is 0 Å². The molecule has 1 aliphatic carbocycles. The maximum absolute atomic E-state index is 11.8. The lowest BCUT2D eigenvalue weighted by Crippen LogP contribution is -2.44. The highest BCUT2D eigenvalue weighted by Gasteiger charge is 2.48. The minimum atomic E-state index is -0.520. The Morgan fingerprint density at radius 3 is 2.53 bits per heavy atom. The summed E-state index contributed by atoms with van der Waals surface area (Å²) in [5.74, 6) is 2.17. The third-order valence-corrected chi connectivity index (χ3v) is 5.67. The average molecular weight is 257 g/mol. The molecule has 2 fully saturated rings. The van der Waals surface area contributed by atoms with Crippen molar-refractivity contribution >= 4 is 17.7 Å². The standard InChI is InChI=1S/C13H23NO2S/c1-2-9-17-10-13(16)5-3-12(4-6-13)7-8-14-11(12)15/h16H,2-10H2,1H3,(H,14,15). The lowest BCUT2D eigenvalue weighted by atomic mass is 9.68. The molecular formula is C13H23NO2S. The lowest BCUT2D eigenvalue weighted by Gasteiger charge is -2.40. The molecule has 0 aromatic carbocycles. The van der Waals surface area contributed by atoms with Crippen molar-refractivity contribution in [2.45, 2.75) is 51.0 Å². The van der Waals surface area contributed by atoms with Crippen LogP contribution in [0.1, 0.15) is 45.4 Å². The molecule has 1 saturated heterocycles. The van der Waals surface area contributed by atoms with Gasteiger partial charge in [-0.1, -0.05) is 6.92 Å². The molecule has 1 amide bonds. The van der Waals surface area contributed by atoms with Crippen LogP contribution in [-0.4, -0.2) is 34.7 Å². The predicted octanol–water partition coefficient (Wildman–Crippen LogP) is 1.94. The molecule has 1 heterocycles. The number of hydrogen-bond acceptors (Lipinski definition) is 3. The molecule has 4 heteroatoms. The number of nitrogens with one attached hydrogen (secondary N) is 1. The van der Waals surface area contributed by atoms with Crippen LogP contribution in [0.2, 0.25) is 0 Å². The Kier molecular flexibility index (Phi) is 4.03. The van der Waals surface area contributed by atoms with Gasteiger partial charge < -0.3 is 10.4 Å². The fourth-order valence-electron chi connectivity index (χ4n) is 2.94. The number of carbonyl (C=O) groups excluding carboxylic acids is 1. The SMILES string of the molecule is CCCSCC1(O)CCC2(CCNC2=O)CC1. The van der Waals surface area contributed by atoms with Crippen molar-refractivity contribution in [3.63, 3.8) is 0 Å². The smallest absolute Gasteiger partial charge is 0.226 e. The molecule has 98 valence electrons. The van der Waals surface area contributed by atoms with E-state index in [4.69, 9.17) is 0 Å². The Labute approximate surface area is 108 Å². The minimum Gasteiger partial charge on any atom is -0.389 e. The average Bonchev–Trinajstić information content (AvgIpc) is 2.66. The quantitative estimate of drug-likeness (QED) is 0.757. The van der Waals surface area contributed by atoms with E-state index in [0.717, 1.165) is 56.6 Å². The van der Waals surface area contributed by atoms with Gasteiger partial charge in [0.05, 0.1) is 11.0 Å². The van der Waals surface area contributed by atoms with Crippen molar-refractivity contribution in [2.24, 2.45) is 5.41 Å². The molecule has 0 unspecified atom stereocenters. The van der Waals surface area contributed by atoms with E-state index in [-0.39, 0.29) is 11.3 Å². The van der Waals surface area contributed by atoms with Gasteiger partial charge in [0.25, 0.3) is 0 Å². The van der Waals surface area contributed by atoms with Crippen molar-refractivity contribution < 1.29 is 9.90 Å². The first-order chi connectivity index (χ1) is 8.10. The molecule has 0 aromatic rings. The van der Waals surface area contributed by atoms with Gasteiger partial charge in [-0.15, -0.1) is 0 Å². The Morgan fingerprint density at radius 2 is 2.00 bits per heavy atom. The number of hydrogen-bond donors (Lipinski definition) is 2.